The second-order valence-corrected chi connectivity index (χ2v) is 6.68. The normalized spacial score (nSPS) is 12.6. The second kappa shape index (κ2) is 9.03. The van der Waals surface area contributed by atoms with Crippen molar-refractivity contribution in [3.05, 3.63) is 29.8 Å². The van der Waals surface area contributed by atoms with Crippen molar-refractivity contribution in [2.45, 2.75) is 50.3 Å². The molecule has 0 radical (unpaired) electrons. The molecule has 3 nitrogen and oxygen atoms in total. The number of thioether (sulfide) groups is 1. The van der Waals surface area contributed by atoms with Crippen molar-refractivity contribution in [3.8, 4) is 0 Å². The minimum atomic E-state index is -0.723. The van der Waals surface area contributed by atoms with E-state index in [-0.39, 0.29) is 5.25 Å². The molecule has 20 heavy (non-hydrogen) atoms. The third-order valence-electron chi connectivity index (χ3n) is 2.91. The monoisotopic (exact) mass is 295 g/mol. The van der Waals surface area contributed by atoms with Gasteiger partial charge in [-0.25, -0.2) is 0 Å². The third kappa shape index (κ3) is 6.44. The molecule has 0 amide bonds. The largest absolute Gasteiger partial charge is 0.480 e. The number of hydrogen-bond acceptors (Lipinski definition) is 3. The van der Waals surface area contributed by atoms with Crippen LogP contribution in [-0.2, 0) is 11.3 Å². The molecule has 112 valence electrons. The molecule has 0 fully saturated rings. The molecule has 0 heterocycles. The SMILES string of the molecule is CCCC(Sc1ccc(CNCC(C)C)cc1)C(=O)O. The van der Waals surface area contributed by atoms with Crippen LogP contribution in [0.2, 0.25) is 0 Å². The van der Waals surface area contributed by atoms with Gasteiger partial charge in [-0.05, 0) is 36.6 Å². The lowest BCUT2D eigenvalue weighted by Gasteiger charge is -2.11. The van der Waals surface area contributed by atoms with E-state index >= 15 is 0 Å². The molecular formula is C16H25NO2S. The molecule has 1 rings (SSSR count). The number of carboxylic acid groups (broad SMARTS) is 1. The molecule has 4 heteroatoms. The van der Waals surface area contributed by atoms with Gasteiger partial charge in [0.2, 0.25) is 0 Å². The van der Waals surface area contributed by atoms with Crippen molar-refractivity contribution in [1.82, 2.24) is 5.32 Å². The summed E-state index contributed by atoms with van der Waals surface area (Å²) >= 11 is 1.44. The summed E-state index contributed by atoms with van der Waals surface area (Å²) in [5, 5.41) is 12.2. The van der Waals surface area contributed by atoms with Crippen molar-refractivity contribution in [2.75, 3.05) is 6.54 Å². The maximum atomic E-state index is 11.1. The molecule has 1 unspecified atom stereocenters. The summed E-state index contributed by atoms with van der Waals surface area (Å²) in [6, 6.07) is 8.17. The van der Waals surface area contributed by atoms with Crippen molar-refractivity contribution >= 4 is 17.7 Å². The van der Waals surface area contributed by atoms with Crippen LogP contribution in [0.3, 0.4) is 0 Å². The number of carbonyl (C=O) groups is 1. The summed E-state index contributed by atoms with van der Waals surface area (Å²) in [5.41, 5.74) is 1.23. The van der Waals surface area contributed by atoms with Gasteiger partial charge in [-0.3, -0.25) is 4.79 Å². The molecule has 0 aliphatic heterocycles. The summed E-state index contributed by atoms with van der Waals surface area (Å²) in [4.78, 5) is 12.2. The highest BCUT2D eigenvalue weighted by Gasteiger charge is 2.17. The van der Waals surface area contributed by atoms with E-state index in [0.29, 0.717) is 12.3 Å². The van der Waals surface area contributed by atoms with E-state index in [1.54, 1.807) is 0 Å². The molecular weight excluding hydrogens is 270 g/mol. The van der Waals surface area contributed by atoms with E-state index in [1.807, 2.05) is 19.1 Å². The first-order valence-corrected chi connectivity index (χ1v) is 8.10. The molecule has 0 bridgehead atoms. The van der Waals surface area contributed by atoms with Gasteiger partial charge in [0.05, 0.1) is 0 Å². The summed E-state index contributed by atoms with van der Waals surface area (Å²) in [7, 11) is 0. The van der Waals surface area contributed by atoms with Gasteiger partial charge in [-0.1, -0.05) is 39.3 Å². The molecule has 1 atom stereocenters. The molecule has 0 saturated carbocycles. The van der Waals surface area contributed by atoms with E-state index in [2.05, 4.69) is 31.3 Å². The van der Waals surface area contributed by atoms with Crippen LogP contribution in [-0.4, -0.2) is 22.9 Å². The quantitative estimate of drug-likeness (QED) is 0.681. The Morgan fingerprint density at radius 1 is 1.30 bits per heavy atom. The Labute approximate surface area is 126 Å². The Morgan fingerprint density at radius 3 is 2.45 bits per heavy atom. The highest BCUT2D eigenvalue weighted by molar-refractivity contribution is 8.00. The third-order valence-corrected chi connectivity index (χ3v) is 4.18. The van der Waals surface area contributed by atoms with E-state index in [4.69, 9.17) is 5.11 Å². The summed E-state index contributed by atoms with van der Waals surface area (Å²) in [5.74, 6) is -0.0743. The van der Waals surface area contributed by atoms with Gasteiger partial charge in [0.25, 0.3) is 0 Å². The maximum Gasteiger partial charge on any atom is 0.316 e. The summed E-state index contributed by atoms with van der Waals surface area (Å²) in [6.45, 7) is 8.26. The van der Waals surface area contributed by atoms with Gasteiger partial charge < -0.3 is 10.4 Å². The number of carboxylic acids is 1. The Hall–Kier alpha value is -1.00. The first-order chi connectivity index (χ1) is 9.52. The Balaban J connectivity index is 2.50. The number of rotatable bonds is 9. The van der Waals surface area contributed by atoms with Crippen LogP contribution < -0.4 is 5.32 Å². The van der Waals surface area contributed by atoms with E-state index in [0.717, 1.165) is 24.4 Å². The predicted molar refractivity (Wildman–Crippen MR) is 85.2 cm³/mol. The van der Waals surface area contributed by atoms with E-state index < -0.39 is 5.97 Å². The Kier molecular flexibility index (Phi) is 7.70. The first-order valence-electron chi connectivity index (χ1n) is 7.22. The zero-order chi connectivity index (χ0) is 15.0. The van der Waals surface area contributed by atoms with Gasteiger partial charge in [-0.15, -0.1) is 11.8 Å². The minimum Gasteiger partial charge on any atom is -0.480 e. The van der Waals surface area contributed by atoms with Crippen LogP contribution in [0.15, 0.2) is 29.2 Å². The standard InChI is InChI=1S/C16H25NO2S/c1-4-5-15(16(18)19)20-14-8-6-13(7-9-14)11-17-10-12(2)3/h6-9,12,15,17H,4-5,10-11H2,1-3H3,(H,18,19). The summed E-state index contributed by atoms with van der Waals surface area (Å²) in [6.07, 6.45) is 1.60. The first kappa shape index (κ1) is 17.1. The molecule has 0 aliphatic carbocycles. The number of benzene rings is 1. The van der Waals surface area contributed by atoms with Crippen LogP contribution in [0.1, 0.15) is 39.2 Å². The fourth-order valence-corrected chi connectivity index (χ4v) is 2.93. The fraction of sp³-hybridized carbons (Fsp3) is 0.562. The van der Waals surface area contributed by atoms with Crippen LogP contribution >= 0.6 is 11.8 Å². The molecule has 0 spiro atoms. The molecule has 0 aliphatic rings. The van der Waals surface area contributed by atoms with Gasteiger partial charge in [-0.2, -0.15) is 0 Å². The Bertz CT molecular complexity index is 403. The van der Waals surface area contributed by atoms with Gasteiger partial charge in [0, 0.05) is 11.4 Å². The van der Waals surface area contributed by atoms with Crippen LogP contribution in [0, 0.1) is 5.92 Å². The number of nitrogens with one attached hydrogen (secondary N) is 1. The molecule has 1 aromatic rings. The molecule has 2 N–H and O–H groups in total. The topological polar surface area (TPSA) is 49.3 Å². The highest BCUT2D eigenvalue weighted by atomic mass is 32.2. The van der Waals surface area contributed by atoms with Crippen LogP contribution in [0.25, 0.3) is 0 Å². The number of aliphatic carboxylic acids is 1. The number of hydrogen-bond donors (Lipinski definition) is 2. The zero-order valence-corrected chi connectivity index (χ0v) is 13.4. The maximum absolute atomic E-state index is 11.1. The lowest BCUT2D eigenvalue weighted by atomic mass is 10.2. The minimum absolute atomic E-state index is 0.343. The van der Waals surface area contributed by atoms with Crippen molar-refractivity contribution in [2.24, 2.45) is 5.92 Å². The van der Waals surface area contributed by atoms with Crippen LogP contribution in [0.4, 0.5) is 0 Å². The highest BCUT2D eigenvalue weighted by Crippen LogP contribution is 2.26. The second-order valence-electron chi connectivity index (χ2n) is 5.40. The van der Waals surface area contributed by atoms with Crippen molar-refractivity contribution < 1.29 is 9.90 Å². The molecule has 0 saturated heterocycles. The van der Waals surface area contributed by atoms with Gasteiger partial charge in [0.15, 0.2) is 0 Å². The van der Waals surface area contributed by atoms with Gasteiger partial charge in [0.1, 0.15) is 5.25 Å². The average molecular weight is 295 g/mol. The smallest absolute Gasteiger partial charge is 0.316 e. The van der Waals surface area contributed by atoms with Gasteiger partial charge >= 0.3 is 5.97 Å². The van der Waals surface area contributed by atoms with Crippen molar-refractivity contribution in [3.63, 3.8) is 0 Å². The average Bonchev–Trinajstić information content (AvgIpc) is 2.39. The van der Waals surface area contributed by atoms with Crippen molar-refractivity contribution in [1.29, 1.82) is 0 Å². The fourth-order valence-electron chi connectivity index (χ4n) is 1.85. The van der Waals surface area contributed by atoms with E-state index in [9.17, 15) is 4.79 Å². The van der Waals surface area contributed by atoms with E-state index in [1.165, 1.54) is 17.3 Å². The lowest BCUT2D eigenvalue weighted by Crippen LogP contribution is -2.18. The Morgan fingerprint density at radius 2 is 1.95 bits per heavy atom. The summed E-state index contributed by atoms with van der Waals surface area (Å²) < 4.78 is 0. The lowest BCUT2D eigenvalue weighted by molar-refractivity contribution is -0.136. The van der Waals surface area contributed by atoms with Crippen LogP contribution in [0.5, 0.6) is 0 Å². The molecule has 1 aromatic carbocycles. The zero-order valence-electron chi connectivity index (χ0n) is 12.6. The molecule has 0 aromatic heterocycles. The predicted octanol–water partition coefficient (Wildman–Crippen LogP) is 3.78.